The first-order chi connectivity index (χ1) is 31.6. The van der Waals surface area contributed by atoms with Crippen molar-refractivity contribution < 1.29 is 67.6 Å². The average Bonchev–Trinajstić information content (AvgIpc) is 3.72. The Bertz CT molecular complexity index is 2960. The first kappa shape index (κ1) is 50.2. The number of carbonyl (C=O) groups is 3. The van der Waals surface area contributed by atoms with Gasteiger partial charge in [-0.2, -0.15) is 45.3 Å². The second-order valence-electron chi connectivity index (χ2n) is 16.6. The Morgan fingerprint density at radius 1 is 0.985 bits per heavy atom. The summed E-state index contributed by atoms with van der Waals surface area (Å²) in [5.41, 5.74) is -7.04. The van der Waals surface area contributed by atoms with Gasteiger partial charge >= 0.3 is 18.3 Å². The molecule has 2 aromatic carbocycles. The third kappa shape index (κ3) is 10.1. The largest absolute Gasteiger partial charge is 0.480 e. The summed E-state index contributed by atoms with van der Waals surface area (Å²) in [6, 6.07) is 5.62. The van der Waals surface area contributed by atoms with Crippen LogP contribution in [0.1, 0.15) is 73.1 Å². The molecule has 0 saturated heterocycles. The van der Waals surface area contributed by atoms with E-state index in [4.69, 9.17) is 11.6 Å². The molecule has 0 radical (unpaired) electrons. The third-order valence-electron chi connectivity index (χ3n) is 11.2. The quantitative estimate of drug-likeness (QED) is 0.0669. The van der Waals surface area contributed by atoms with Gasteiger partial charge in [0.25, 0.3) is 11.8 Å². The number of aromatic nitrogens is 5. The van der Waals surface area contributed by atoms with Crippen LogP contribution in [0.15, 0.2) is 42.5 Å². The summed E-state index contributed by atoms with van der Waals surface area (Å²) in [6.45, 7) is 0.409. The molecule has 2 aliphatic carbocycles. The number of fused-ring (bicyclic) bond motifs is 2. The Kier molecular flexibility index (Phi) is 13.3. The fraction of sp³-hybridized carbons (Fsp3) is 0.395. The number of rotatable bonds is 13. The highest BCUT2D eigenvalue weighted by atomic mass is 35.5. The molecule has 2 aliphatic rings. The van der Waals surface area contributed by atoms with Crippen LogP contribution in [0.3, 0.4) is 0 Å². The van der Waals surface area contributed by atoms with Crippen LogP contribution in [0.2, 0.25) is 5.02 Å². The van der Waals surface area contributed by atoms with Gasteiger partial charge in [-0.05, 0) is 87.6 Å². The number of pyridine rings is 1. The summed E-state index contributed by atoms with van der Waals surface area (Å²) in [5.74, 6) is -4.95. The first-order valence-corrected chi connectivity index (χ1v) is 23.2. The highest BCUT2D eigenvalue weighted by molar-refractivity contribution is 8.00. The second kappa shape index (κ2) is 18.0. The molecule has 2 amide bonds. The zero-order valence-electron chi connectivity index (χ0n) is 35.8. The number of carbonyl (C=O) groups excluding carboxylic acids is 2. The van der Waals surface area contributed by atoms with Crippen molar-refractivity contribution in [3.8, 4) is 23.0 Å². The van der Waals surface area contributed by atoms with Crippen LogP contribution in [-0.2, 0) is 63.4 Å². The van der Waals surface area contributed by atoms with E-state index in [0.29, 0.717) is 15.1 Å². The normalized spacial score (nSPS) is 16.2. The lowest BCUT2D eigenvalue weighted by Crippen LogP contribution is -2.42. The van der Waals surface area contributed by atoms with Gasteiger partial charge in [-0.1, -0.05) is 23.6 Å². The number of carboxylic acids is 1. The van der Waals surface area contributed by atoms with E-state index in [-0.39, 0.29) is 50.6 Å². The Morgan fingerprint density at radius 2 is 1.63 bits per heavy atom. The minimum atomic E-state index is -5.18. The molecule has 362 valence electrons. The van der Waals surface area contributed by atoms with Crippen LogP contribution < -0.4 is 9.62 Å². The number of hydrogen-bond donors (Lipinski definition) is 2. The third-order valence-corrected chi connectivity index (χ3v) is 13.5. The molecule has 1 fully saturated rings. The number of nitrogens with one attached hydrogen (secondary N) is 1. The van der Waals surface area contributed by atoms with Gasteiger partial charge in [-0.25, -0.2) is 22.3 Å². The molecule has 0 aliphatic heterocycles. The van der Waals surface area contributed by atoms with Crippen LogP contribution in [0.4, 0.5) is 49.7 Å². The molecule has 2 atom stereocenters. The van der Waals surface area contributed by atoms with E-state index < -0.39 is 141 Å². The fourth-order valence-electron chi connectivity index (χ4n) is 7.83. The van der Waals surface area contributed by atoms with Crippen molar-refractivity contribution in [1.29, 1.82) is 0 Å². The van der Waals surface area contributed by atoms with Gasteiger partial charge in [0, 0.05) is 35.4 Å². The molecule has 2 N–H and O–H groups in total. The van der Waals surface area contributed by atoms with Gasteiger partial charge in [-0.15, -0.1) is 11.8 Å². The summed E-state index contributed by atoms with van der Waals surface area (Å²) >= 11 is 8.01. The predicted octanol–water partition coefficient (Wildman–Crippen LogP) is 8.93. The van der Waals surface area contributed by atoms with Crippen LogP contribution in [0.25, 0.3) is 22.0 Å². The lowest BCUT2D eigenvalue weighted by Gasteiger charge is -2.23. The Hall–Kier alpha value is -5.67. The van der Waals surface area contributed by atoms with Crippen LogP contribution in [0.5, 0.6) is 0 Å². The minimum absolute atomic E-state index is 0.0360. The Balaban J connectivity index is 1.47. The zero-order valence-corrected chi connectivity index (χ0v) is 38.2. The lowest BCUT2D eigenvalue weighted by atomic mass is 9.93. The number of nitrogens with zero attached hydrogens (tertiary/aromatic N) is 6. The molecule has 7 rings (SSSR count). The maximum absolute atomic E-state index is 15.1. The second-order valence-corrected chi connectivity index (χ2v) is 19.6. The molecule has 5 aromatic rings. The molecule has 25 heteroatoms. The number of benzene rings is 2. The van der Waals surface area contributed by atoms with Crippen LogP contribution in [-0.4, -0.2) is 75.1 Å². The summed E-state index contributed by atoms with van der Waals surface area (Å²) in [7, 11) is -2.47. The van der Waals surface area contributed by atoms with E-state index in [2.05, 4.69) is 32.3 Å². The van der Waals surface area contributed by atoms with Gasteiger partial charge < -0.3 is 10.4 Å². The number of aliphatic carboxylic acids is 1. The van der Waals surface area contributed by atoms with E-state index in [1.54, 1.807) is 20.1 Å². The molecule has 0 bridgehead atoms. The van der Waals surface area contributed by atoms with Gasteiger partial charge in [-0.3, -0.25) is 23.7 Å². The molecule has 1 saturated carbocycles. The van der Waals surface area contributed by atoms with Crippen molar-refractivity contribution in [2.24, 2.45) is 5.41 Å². The summed E-state index contributed by atoms with van der Waals surface area (Å²) < 4.78 is 159. The SMILES string of the molecule is CSC(C)(C)C#Cc1ccc(-c2ccc(Cl)c3c(N(C(=O)C4(C(=O)O)CC4)S(C)=O)nn(CC(F)(F)F)c23)c(C(Cc2cc(F)cc(F)c2)NC(=O)Cn2nc(C(F)(F)F)c3c2C(F)(F)CC3)n1. The molecule has 3 aromatic heterocycles. The number of amides is 2. The van der Waals surface area contributed by atoms with E-state index in [1.807, 2.05) is 0 Å². The molecule has 0 spiro atoms. The predicted molar refractivity (Wildman–Crippen MR) is 230 cm³/mol. The molecule has 2 unspecified atom stereocenters. The number of carboxylic acid groups (broad SMARTS) is 1. The topological polar surface area (TPSA) is 152 Å². The van der Waals surface area contributed by atoms with Crippen molar-refractivity contribution in [2.75, 3.05) is 16.8 Å². The van der Waals surface area contributed by atoms with Crippen molar-refractivity contribution >= 4 is 68.9 Å². The van der Waals surface area contributed by atoms with Crippen molar-refractivity contribution in [3.05, 3.63) is 93.0 Å². The van der Waals surface area contributed by atoms with Crippen LogP contribution in [0, 0.1) is 28.9 Å². The number of thioether (sulfide) groups is 1. The van der Waals surface area contributed by atoms with Crippen molar-refractivity contribution in [3.63, 3.8) is 0 Å². The molecular formula is C43H36ClF10N7O5S2. The number of alkyl halides is 8. The standard InChI is InChI=1S/C43H36ClF10N7O5S2/c1-39(2,67-3)11-9-24-5-6-25(26-7-8-28(44)31-33(26)60(20-42(49,50)51)58-36(31)61(68(4)66)37(63)40(13-14-40)38(64)65)32(55-24)29(17-21-15-22(45)18-23(46)16-21)56-30(62)19-59-35-27(10-12-41(35,47)48)34(57-59)43(52,53)54/h5-8,15-16,18,29H,10,12-14,17,19-20H2,1-4H3,(H,56,62)(H,64,65). The van der Waals surface area contributed by atoms with Crippen LogP contribution >= 0.6 is 23.4 Å². The first-order valence-electron chi connectivity index (χ1n) is 20.1. The lowest BCUT2D eigenvalue weighted by molar-refractivity contribution is -0.148. The Morgan fingerprint density at radius 3 is 2.21 bits per heavy atom. The molecule has 3 heterocycles. The number of hydrogen-bond acceptors (Lipinski definition) is 8. The fourth-order valence-corrected chi connectivity index (χ4v) is 9.00. The van der Waals surface area contributed by atoms with E-state index in [0.717, 1.165) is 18.4 Å². The Labute approximate surface area is 391 Å². The van der Waals surface area contributed by atoms with Gasteiger partial charge in [0.2, 0.25) is 5.91 Å². The smallest absolute Gasteiger partial charge is 0.435 e. The number of anilines is 1. The minimum Gasteiger partial charge on any atom is -0.480 e. The molecular weight excluding hydrogens is 984 g/mol. The van der Waals surface area contributed by atoms with Gasteiger partial charge in [0.15, 0.2) is 11.5 Å². The summed E-state index contributed by atoms with van der Waals surface area (Å²) in [5, 5.41) is 19.0. The van der Waals surface area contributed by atoms with Crippen molar-refractivity contribution in [1.82, 2.24) is 29.9 Å². The zero-order chi connectivity index (χ0) is 50.1. The van der Waals surface area contributed by atoms with E-state index >= 15 is 8.78 Å². The highest BCUT2D eigenvalue weighted by Crippen LogP contribution is 2.50. The maximum Gasteiger partial charge on any atom is 0.435 e. The maximum atomic E-state index is 15.1. The monoisotopic (exact) mass is 1020 g/mol. The summed E-state index contributed by atoms with van der Waals surface area (Å²) in [6.07, 6.45) is -10.2. The average molecular weight is 1020 g/mol. The number of halogens is 11. The molecule has 12 nitrogen and oxygen atoms in total. The van der Waals surface area contributed by atoms with E-state index in [1.165, 1.54) is 36.0 Å². The highest BCUT2D eigenvalue weighted by Gasteiger charge is 2.60. The molecule has 68 heavy (non-hydrogen) atoms. The van der Waals surface area contributed by atoms with Crippen molar-refractivity contribution in [2.45, 2.75) is 88.1 Å². The van der Waals surface area contributed by atoms with Gasteiger partial charge in [0.05, 0.1) is 32.4 Å². The van der Waals surface area contributed by atoms with E-state index in [9.17, 15) is 58.8 Å². The van der Waals surface area contributed by atoms with Gasteiger partial charge in [0.1, 0.15) is 52.5 Å². The summed E-state index contributed by atoms with van der Waals surface area (Å²) in [4.78, 5) is 44.8.